The molecule has 2 aromatic rings. The van der Waals surface area contributed by atoms with E-state index in [-0.39, 0.29) is 17.3 Å². The Labute approximate surface area is 154 Å². The van der Waals surface area contributed by atoms with Gasteiger partial charge in [-0.05, 0) is 49.2 Å². The summed E-state index contributed by atoms with van der Waals surface area (Å²) < 4.78 is 37.9. The molecule has 0 saturated heterocycles. The molecule has 1 saturated carbocycles. The van der Waals surface area contributed by atoms with E-state index in [1.807, 2.05) is 0 Å². The van der Waals surface area contributed by atoms with Crippen LogP contribution in [-0.4, -0.2) is 28.1 Å². The summed E-state index contributed by atoms with van der Waals surface area (Å²) in [4.78, 5) is 16.7. The van der Waals surface area contributed by atoms with Gasteiger partial charge in [-0.2, -0.15) is 13.2 Å². The van der Waals surface area contributed by atoms with Crippen molar-refractivity contribution >= 4 is 17.4 Å². The fourth-order valence-corrected chi connectivity index (χ4v) is 3.10. The minimum absolute atomic E-state index is 0.189. The Kier molecular flexibility index (Phi) is 5.65. The zero-order chi connectivity index (χ0) is 19.4. The van der Waals surface area contributed by atoms with Crippen LogP contribution in [0.1, 0.15) is 41.6 Å². The number of rotatable bonds is 4. The van der Waals surface area contributed by atoms with E-state index in [0.717, 1.165) is 31.4 Å². The maximum absolute atomic E-state index is 12.6. The molecule has 1 amide bonds. The van der Waals surface area contributed by atoms with Crippen LogP contribution < -0.4 is 10.6 Å². The standard InChI is InChI=1S/C19H20F3N3O2/c20-19(21,22)12-7-9-13(10-8-12)24-18(27)14-4-3-11-23-17(14)25-15-5-1-2-6-16(15)26/h3-4,7-11,15-16,26H,1-2,5-6H2,(H,23,25)(H,24,27)/t15?,16-/m0/s1. The average molecular weight is 379 g/mol. The highest BCUT2D eigenvalue weighted by Gasteiger charge is 2.30. The highest BCUT2D eigenvalue weighted by molar-refractivity contribution is 6.07. The first-order valence-electron chi connectivity index (χ1n) is 8.73. The number of carbonyl (C=O) groups is 1. The Bertz CT molecular complexity index is 794. The molecule has 2 atom stereocenters. The molecule has 1 aliphatic rings. The predicted octanol–water partition coefficient (Wildman–Crippen LogP) is 4.07. The second kappa shape index (κ2) is 7.96. The Morgan fingerprint density at radius 1 is 1.11 bits per heavy atom. The smallest absolute Gasteiger partial charge is 0.391 e. The maximum atomic E-state index is 12.6. The molecule has 144 valence electrons. The third-order valence-electron chi connectivity index (χ3n) is 4.57. The van der Waals surface area contributed by atoms with Crippen LogP contribution in [0.4, 0.5) is 24.7 Å². The first kappa shape index (κ1) is 19.2. The molecule has 3 N–H and O–H groups in total. The molecule has 1 aliphatic carbocycles. The van der Waals surface area contributed by atoms with Crippen molar-refractivity contribution in [3.8, 4) is 0 Å². The fourth-order valence-electron chi connectivity index (χ4n) is 3.10. The lowest BCUT2D eigenvalue weighted by Crippen LogP contribution is -2.37. The summed E-state index contributed by atoms with van der Waals surface area (Å²) >= 11 is 0. The van der Waals surface area contributed by atoms with Crippen molar-refractivity contribution in [3.63, 3.8) is 0 Å². The summed E-state index contributed by atoms with van der Waals surface area (Å²) in [7, 11) is 0. The number of aliphatic hydroxyl groups is 1. The molecular weight excluding hydrogens is 359 g/mol. The van der Waals surface area contributed by atoms with E-state index in [1.54, 1.807) is 12.1 Å². The van der Waals surface area contributed by atoms with Crippen LogP contribution in [0.5, 0.6) is 0 Å². The van der Waals surface area contributed by atoms with Crippen LogP contribution in [0.3, 0.4) is 0 Å². The number of aromatic nitrogens is 1. The van der Waals surface area contributed by atoms with Gasteiger partial charge in [0.05, 0.1) is 23.3 Å². The van der Waals surface area contributed by atoms with Crippen LogP contribution in [0, 0.1) is 0 Å². The van der Waals surface area contributed by atoms with Crippen LogP contribution in [0.15, 0.2) is 42.6 Å². The lowest BCUT2D eigenvalue weighted by atomic mass is 9.92. The molecule has 0 bridgehead atoms. The first-order valence-corrected chi connectivity index (χ1v) is 8.73. The van der Waals surface area contributed by atoms with Gasteiger partial charge in [-0.25, -0.2) is 4.98 Å². The molecule has 1 aromatic heterocycles. The van der Waals surface area contributed by atoms with Gasteiger partial charge in [0.1, 0.15) is 5.82 Å². The molecule has 8 heteroatoms. The van der Waals surface area contributed by atoms with Gasteiger partial charge in [0.15, 0.2) is 0 Å². The van der Waals surface area contributed by atoms with Gasteiger partial charge in [0.25, 0.3) is 5.91 Å². The summed E-state index contributed by atoms with van der Waals surface area (Å²) in [6, 6.07) is 7.22. The molecule has 0 spiro atoms. The van der Waals surface area contributed by atoms with Gasteiger partial charge in [-0.15, -0.1) is 0 Å². The number of alkyl halides is 3. The van der Waals surface area contributed by atoms with E-state index in [4.69, 9.17) is 0 Å². The lowest BCUT2D eigenvalue weighted by Gasteiger charge is -2.29. The molecule has 1 heterocycles. The van der Waals surface area contributed by atoms with Crippen molar-refractivity contribution in [2.75, 3.05) is 10.6 Å². The van der Waals surface area contributed by atoms with E-state index in [0.29, 0.717) is 12.2 Å². The zero-order valence-electron chi connectivity index (χ0n) is 14.5. The number of nitrogens with one attached hydrogen (secondary N) is 2. The Morgan fingerprint density at radius 2 is 1.81 bits per heavy atom. The molecule has 1 fully saturated rings. The third-order valence-corrected chi connectivity index (χ3v) is 4.57. The number of halogens is 3. The van der Waals surface area contributed by atoms with Gasteiger partial charge in [-0.1, -0.05) is 12.8 Å². The summed E-state index contributed by atoms with van der Waals surface area (Å²) in [6.45, 7) is 0. The molecule has 5 nitrogen and oxygen atoms in total. The normalized spacial score (nSPS) is 20.1. The topological polar surface area (TPSA) is 74.2 Å². The minimum atomic E-state index is -4.43. The van der Waals surface area contributed by atoms with Crippen molar-refractivity contribution in [1.82, 2.24) is 4.98 Å². The number of carbonyl (C=O) groups excluding carboxylic acids is 1. The number of aliphatic hydroxyl groups excluding tert-OH is 1. The van der Waals surface area contributed by atoms with Crippen LogP contribution in [-0.2, 0) is 6.18 Å². The molecular formula is C19H20F3N3O2. The average Bonchev–Trinajstić information content (AvgIpc) is 2.64. The third kappa shape index (κ3) is 4.77. The van der Waals surface area contributed by atoms with Gasteiger partial charge in [0, 0.05) is 11.9 Å². The quantitative estimate of drug-likeness (QED) is 0.749. The highest BCUT2D eigenvalue weighted by Crippen LogP contribution is 2.30. The number of amides is 1. The van der Waals surface area contributed by atoms with Crippen LogP contribution >= 0.6 is 0 Å². The number of nitrogens with zero attached hydrogens (tertiary/aromatic N) is 1. The minimum Gasteiger partial charge on any atom is -0.391 e. The zero-order valence-corrected chi connectivity index (χ0v) is 14.5. The molecule has 0 radical (unpaired) electrons. The first-order chi connectivity index (χ1) is 12.8. The van der Waals surface area contributed by atoms with Gasteiger partial charge in [0.2, 0.25) is 0 Å². The largest absolute Gasteiger partial charge is 0.416 e. The number of hydrogen-bond acceptors (Lipinski definition) is 4. The van der Waals surface area contributed by atoms with E-state index in [9.17, 15) is 23.1 Å². The Hall–Kier alpha value is -2.61. The fraction of sp³-hybridized carbons (Fsp3) is 0.368. The van der Waals surface area contributed by atoms with E-state index in [2.05, 4.69) is 15.6 Å². The molecule has 1 aromatic carbocycles. The summed E-state index contributed by atoms with van der Waals surface area (Å²) in [5, 5.41) is 15.8. The van der Waals surface area contributed by atoms with Crippen molar-refractivity contribution < 1.29 is 23.1 Å². The molecule has 27 heavy (non-hydrogen) atoms. The van der Waals surface area contributed by atoms with E-state index >= 15 is 0 Å². The van der Waals surface area contributed by atoms with Gasteiger partial charge < -0.3 is 15.7 Å². The van der Waals surface area contributed by atoms with Crippen LogP contribution in [0.25, 0.3) is 0 Å². The van der Waals surface area contributed by atoms with Crippen molar-refractivity contribution in [3.05, 3.63) is 53.7 Å². The lowest BCUT2D eigenvalue weighted by molar-refractivity contribution is -0.137. The van der Waals surface area contributed by atoms with Crippen LogP contribution in [0.2, 0.25) is 0 Å². The Morgan fingerprint density at radius 3 is 2.48 bits per heavy atom. The number of benzene rings is 1. The second-order valence-electron chi connectivity index (χ2n) is 6.53. The maximum Gasteiger partial charge on any atom is 0.416 e. The molecule has 0 aliphatic heterocycles. The van der Waals surface area contributed by atoms with E-state index in [1.165, 1.54) is 18.3 Å². The van der Waals surface area contributed by atoms with Crippen molar-refractivity contribution in [1.29, 1.82) is 0 Å². The molecule has 3 rings (SSSR count). The number of anilines is 2. The highest BCUT2D eigenvalue weighted by atomic mass is 19.4. The SMILES string of the molecule is O=C(Nc1ccc(C(F)(F)F)cc1)c1cccnc1NC1CCCC[C@@H]1O. The number of pyridine rings is 1. The van der Waals surface area contributed by atoms with Gasteiger partial charge in [-0.3, -0.25) is 4.79 Å². The number of hydrogen-bond donors (Lipinski definition) is 3. The van der Waals surface area contributed by atoms with Gasteiger partial charge >= 0.3 is 6.18 Å². The Balaban J connectivity index is 1.73. The summed E-state index contributed by atoms with van der Waals surface area (Å²) in [5.41, 5.74) is -0.272. The monoisotopic (exact) mass is 379 g/mol. The summed E-state index contributed by atoms with van der Waals surface area (Å²) in [6.07, 6.45) is 0.00909. The predicted molar refractivity (Wildman–Crippen MR) is 95.5 cm³/mol. The van der Waals surface area contributed by atoms with Crippen molar-refractivity contribution in [2.24, 2.45) is 0 Å². The second-order valence-corrected chi connectivity index (χ2v) is 6.53. The summed E-state index contributed by atoms with van der Waals surface area (Å²) in [5.74, 6) is -0.150. The van der Waals surface area contributed by atoms with E-state index < -0.39 is 23.8 Å². The molecule has 1 unspecified atom stereocenters. The van der Waals surface area contributed by atoms with Crippen molar-refractivity contribution in [2.45, 2.75) is 44.0 Å².